The molecule has 0 saturated heterocycles. The molecule has 0 aromatic carbocycles. The van der Waals surface area contributed by atoms with Gasteiger partial charge in [-0.2, -0.15) is 0 Å². The first kappa shape index (κ1) is 16.7. The van der Waals surface area contributed by atoms with Crippen molar-refractivity contribution >= 4 is 0 Å². The molecular formula is C2H3KN4O8. The standard InChI is InChI=1S/C2H2N4O8.K.H/c7-3(8)1(4(9)10)2(5(11)12)6(13)14;;/h1-2H;;/q;+1;-1. The van der Waals surface area contributed by atoms with Crippen molar-refractivity contribution in [1.82, 2.24) is 0 Å². The summed E-state index contributed by atoms with van der Waals surface area (Å²) < 4.78 is 0. The summed E-state index contributed by atoms with van der Waals surface area (Å²) in [6, 6.07) is 0. The average Bonchev–Trinajstić information content (AvgIpc) is 1.96. The second kappa shape index (κ2) is 6.67. The number of nitrogens with zero attached hydrogens (tertiary/aromatic N) is 4. The summed E-state index contributed by atoms with van der Waals surface area (Å²) in [5, 5.41) is 39.8. The molecule has 0 bridgehead atoms. The fourth-order valence-corrected chi connectivity index (χ4v) is 0.589. The Bertz CT molecular complexity index is 250. The molecule has 0 rings (SSSR count). The molecule has 0 atom stereocenters. The van der Waals surface area contributed by atoms with Gasteiger partial charge in [-0.25, -0.2) is 0 Å². The van der Waals surface area contributed by atoms with Crippen molar-refractivity contribution in [3.05, 3.63) is 40.5 Å². The minimum Gasteiger partial charge on any atom is -1.00 e. The Morgan fingerprint density at radius 3 is 0.867 bits per heavy atom. The third kappa shape index (κ3) is 4.52. The smallest absolute Gasteiger partial charge is 1.00 e. The molecule has 80 valence electrons. The van der Waals surface area contributed by atoms with Crippen LogP contribution in [0.25, 0.3) is 0 Å². The molecule has 0 spiro atoms. The maximum atomic E-state index is 9.95. The quantitative estimate of drug-likeness (QED) is 0.204. The van der Waals surface area contributed by atoms with Crippen molar-refractivity contribution in [2.75, 3.05) is 0 Å². The Morgan fingerprint density at radius 2 is 0.800 bits per heavy atom. The van der Waals surface area contributed by atoms with E-state index < -0.39 is 32.0 Å². The van der Waals surface area contributed by atoms with E-state index in [0.717, 1.165) is 0 Å². The Labute approximate surface area is 124 Å². The van der Waals surface area contributed by atoms with Gasteiger partial charge in [0.05, 0.1) is 0 Å². The topological polar surface area (TPSA) is 173 Å². The van der Waals surface area contributed by atoms with Gasteiger partial charge in [0.2, 0.25) is 0 Å². The van der Waals surface area contributed by atoms with Crippen molar-refractivity contribution in [3.63, 3.8) is 0 Å². The third-order valence-electron chi connectivity index (χ3n) is 1.13. The Morgan fingerprint density at radius 1 is 0.667 bits per heavy atom. The van der Waals surface area contributed by atoms with E-state index in [1.807, 2.05) is 0 Å². The Hall–Kier alpha value is -0.764. The summed E-state index contributed by atoms with van der Waals surface area (Å²) in [6.07, 6.45) is -6.17. The van der Waals surface area contributed by atoms with Crippen molar-refractivity contribution in [3.8, 4) is 0 Å². The fourth-order valence-electron chi connectivity index (χ4n) is 0.589. The van der Waals surface area contributed by atoms with Crippen LogP contribution in [0.2, 0.25) is 0 Å². The molecule has 0 aliphatic heterocycles. The monoisotopic (exact) mass is 250 g/mol. The molecular weight excluding hydrogens is 247 g/mol. The number of hydrogen-bond donors (Lipinski definition) is 0. The predicted octanol–water partition coefficient (Wildman–Crippen LogP) is -4.14. The van der Waals surface area contributed by atoms with E-state index in [0.29, 0.717) is 0 Å². The van der Waals surface area contributed by atoms with Crippen LogP contribution in [-0.4, -0.2) is 32.0 Å². The number of rotatable bonds is 5. The zero-order valence-electron chi connectivity index (χ0n) is 8.21. The van der Waals surface area contributed by atoms with Gasteiger partial charge in [-0.05, 0) is 0 Å². The molecule has 0 fully saturated rings. The zero-order valence-corrected chi connectivity index (χ0v) is 10.3. The van der Waals surface area contributed by atoms with E-state index in [2.05, 4.69) is 0 Å². The second-order valence-electron chi connectivity index (χ2n) is 1.97. The summed E-state index contributed by atoms with van der Waals surface area (Å²) in [5.74, 6) is 0. The van der Waals surface area contributed by atoms with Crippen LogP contribution in [0.3, 0.4) is 0 Å². The van der Waals surface area contributed by atoms with Gasteiger partial charge in [-0.1, -0.05) is 0 Å². The van der Waals surface area contributed by atoms with E-state index in [4.69, 9.17) is 0 Å². The molecule has 0 amide bonds. The third-order valence-corrected chi connectivity index (χ3v) is 1.13. The minimum atomic E-state index is -3.08. The van der Waals surface area contributed by atoms with E-state index in [9.17, 15) is 40.5 Å². The SMILES string of the molecule is O=[N+]([O-])C(C([N+](=O)[O-])[N+](=O)[O-])[N+](=O)[O-].[H-].[K+]. The number of nitro groups is 4. The maximum absolute atomic E-state index is 9.95. The van der Waals surface area contributed by atoms with Gasteiger partial charge in [-0.3, -0.25) is 40.5 Å². The van der Waals surface area contributed by atoms with Crippen molar-refractivity contribution in [2.24, 2.45) is 0 Å². The molecule has 0 unspecified atom stereocenters. The molecule has 0 aromatic heterocycles. The van der Waals surface area contributed by atoms with Crippen molar-refractivity contribution in [2.45, 2.75) is 12.3 Å². The van der Waals surface area contributed by atoms with Crippen LogP contribution >= 0.6 is 0 Å². The predicted molar refractivity (Wildman–Crippen MR) is 36.7 cm³/mol. The normalized spacial score (nSPS) is 9.47. The van der Waals surface area contributed by atoms with Gasteiger partial charge in [-0.15, -0.1) is 0 Å². The Balaban J connectivity index is -0.000000845. The molecule has 0 aliphatic rings. The first-order chi connectivity index (χ1) is 6.29. The van der Waals surface area contributed by atoms with Gasteiger partial charge in [0, 0.05) is 0 Å². The molecule has 0 aromatic rings. The average molecular weight is 250 g/mol. The summed E-state index contributed by atoms with van der Waals surface area (Å²) in [7, 11) is 0. The van der Waals surface area contributed by atoms with Gasteiger partial charge in [0.1, 0.15) is 19.7 Å². The largest absolute Gasteiger partial charge is 1.00 e. The van der Waals surface area contributed by atoms with Crippen LogP contribution in [0.4, 0.5) is 0 Å². The van der Waals surface area contributed by atoms with E-state index in [1.54, 1.807) is 0 Å². The summed E-state index contributed by atoms with van der Waals surface area (Å²) in [6.45, 7) is 0. The van der Waals surface area contributed by atoms with Crippen LogP contribution in [0.15, 0.2) is 0 Å². The molecule has 0 heterocycles. The van der Waals surface area contributed by atoms with E-state index in [-0.39, 0.29) is 52.8 Å². The molecule has 0 radical (unpaired) electrons. The summed E-state index contributed by atoms with van der Waals surface area (Å²) >= 11 is 0. The maximum Gasteiger partial charge on any atom is 1.00 e. The van der Waals surface area contributed by atoms with Crippen LogP contribution in [0.5, 0.6) is 0 Å². The Kier molecular flexibility index (Phi) is 7.41. The molecule has 15 heavy (non-hydrogen) atoms. The van der Waals surface area contributed by atoms with Gasteiger partial charge < -0.3 is 1.43 Å². The van der Waals surface area contributed by atoms with Crippen LogP contribution in [0, 0.1) is 40.5 Å². The minimum absolute atomic E-state index is 0. The second-order valence-corrected chi connectivity index (χ2v) is 1.97. The summed E-state index contributed by atoms with van der Waals surface area (Å²) in [5.41, 5.74) is 0. The van der Waals surface area contributed by atoms with E-state index in [1.165, 1.54) is 0 Å². The molecule has 12 nitrogen and oxygen atoms in total. The van der Waals surface area contributed by atoms with Crippen LogP contribution < -0.4 is 51.4 Å². The molecule has 0 saturated carbocycles. The van der Waals surface area contributed by atoms with Gasteiger partial charge in [0.15, 0.2) is 0 Å². The molecule has 13 heteroatoms. The van der Waals surface area contributed by atoms with Gasteiger partial charge >= 0.3 is 63.7 Å². The van der Waals surface area contributed by atoms with Crippen LogP contribution in [-0.2, 0) is 0 Å². The van der Waals surface area contributed by atoms with Gasteiger partial charge in [0.25, 0.3) is 0 Å². The van der Waals surface area contributed by atoms with Crippen molar-refractivity contribution < 1.29 is 72.5 Å². The first-order valence-corrected chi connectivity index (χ1v) is 2.83. The molecule has 0 N–H and O–H groups in total. The fraction of sp³-hybridized carbons (Fsp3) is 1.00. The number of hydrogen-bond acceptors (Lipinski definition) is 8. The first-order valence-electron chi connectivity index (χ1n) is 2.83. The van der Waals surface area contributed by atoms with Crippen LogP contribution in [0.1, 0.15) is 1.43 Å². The van der Waals surface area contributed by atoms with Crippen molar-refractivity contribution in [1.29, 1.82) is 0 Å². The zero-order chi connectivity index (χ0) is 11.5. The summed E-state index contributed by atoms with van der Waals surface area (Å²) in [4.78, 5) is 33.0. The molecule has 0 aliphatic carbocycles. The van der Waals surface area contributed by atoms with E-state index >= 15 is 0 Å².